The molecule has 22 heavy (non-hydrogen) atoms. The molecule has 0 unspecified atom stereocenters. The number of carbonyl (C=O) groups excluding carboxylic acids is 1. The highest BCUT2D eigenvalue weighted by molar-refractivity contribution is 5.77. The molecule has 0 N–H and O–H groups in total. The van der Waals surface area contributed by atoms with Gasteiger partial charge in [-0.25, -0.2) is 0 Å². The van der Waals surface area contributed by atoms with Crippen LogP contribution in [0.15, 0.2) is 24.3 Å². The normalized spacial score (nSPS) is 17.3. The summed E-state index contributed by atoms with van der Waals surface area (Å²) >= 11 is 0. The van der Waals surface area contributed by atoms with Crippen molar-refractivity contribution in [2.24, 2.45) is 0 Å². The molecule has 5 heteroatoms. The van der Waals surface area contributed by atoms with E-state index in [4.69, 9.17) is 14.2 Å². The van der Waals surface area contributed by atoms with Crippen molar-refractivity contribution in [3.05, 3.63) is 29.8 Å². The number of methoxy groups -OCH3 is 2. The van der Waals surface area contributed by atoms with E-state index in [1.54, 1.807) is 14.2 Å². The summed E-state index contributed by atoms with van der Waals surface area (Å²) in [6.45, 7) is 3.40. The zero-order valence-electron chi connectivity index (χ0n) is 13.6. The second-order valence-electron chi connectivity index (χ2n) is 5.45. The molecule has 0 saturated carbocycles. The van der Waals surface area contributed by atoms with Crippen molar-refractivity contribution in [3.8, 4) is 5.75 Å². The number of carbonyl (C=O) groups is 1. The Bertz CT molecular complexity index is 489. The molecule has 122 valence electrons. The Kier molecular flexibility index (Phi) is 5.80. The lowest BCUT2D eigenvalue weighted by Gasteiger charge is -2.39. The molecule has 1 amide bonds. The summed E-state index contributed by atoms with van der Waals surface area (Å²) < 4.78 is 16.5. The van der Waals surface area contributed by atoms with E-state index in [0.717, 1.165) is 17.7 Å². The third-order valence-corrected chi connectivity index (χ3v) is 4.33. The average molecular weight is 307 g/mol. The van der Waals surface area contributed by atoms with Crippen molar-refractivity contribution in [2.45, 2.75) is 32.0 Å². The number of ether oxygens (including phenoxy) is 3. The van der Waals surface area contributed by atoms with Crippen LogP contribution in [0.5, 0.6) is 5.75 Å². The van der Waals surface area contributed by atoms with Crippen LogP contribution in [-0.4, -0.2) is 50.5 Å². The third kappa shape index (κ3) is 3.78. The molecule has 0 bridgehead atoms. The predicted octanol–water partition coefficient (Wildman–Crippen LogP) is 2.24. The number of hydrogen-bond acceptors (Lipinski definition) is 4. The van der Waals surface area contributed by atoms with Gasteiger partial charge >= 0.3 is 0 Å². The lowest BCUT2D eigenvalue weighted by molar-refractivity contribution is -0.228. The lowest BCUT2D eigenvalue weighted by atomic mass is 10.0. The predicted molar refractivity (Wildman–Crippen MR) is 83.9 cm³/mol. The van der Waals surface area contributed by atoms with Gasteiger partial charge in [0, 0.05) is 40.2 Å². The largest absolute Gasteiger partial charge is 0.483 e. The fraction of sp³-hybridized carbons (Fsp3) is 0.588. The molecule has 1 aliphatic rings. The van der Waals surface area contributed by atoms with E-state index in [-0.39, 0.29) is 12.5 Å². The first-order valence-electron chi connectivity index (χ1n) is 7.73. The number of hydrogen-bond donors (Lipinski definition) is 0. The summed E-state index contributed by atoms with van der Waals surface area (Å²) in [5, 5.41) is 0. The SMILES string of the molecule is CCc1ccccc1OCC(=O)N1CCC(OC)(OC)CC1. The molecule has 2 rings (SSSR count). The Morgan fingerprint density at radius 2 is 1.82 bits per heavy atom. The van der Waals surface area contributed by atoms with Gasteiger partial charge < -0.3 is 19.1 Å². The first-order valence-corrected chi connectivity index (χ1v) is 7.73. The summed E-state index contributed by atoms with van der Waals surface area (Å²) in [4.78, 5) is 14.1. The van der Waals surface area contributed by atoms with Gasteiger partial charge in [0.2, 0.25) is 0 Å². The molecule has 1 saturated heterocycles. The summed E-state index contributed by atoms with van der Waals surface area (Å²) in [6.07, 6.45) is 2.24. The van der Waals surface area contributed by atoms with Gasteiger partial charge in [-0.2, -0.15) is 0 Å². The number of rotatable bonds is 6. The second-order valence-corrected chi connectivity index (χ2v) is 5.45. The first-order chi connectivity index (χ1) is 10.6. The highest BCUT2D eigenvalue weighted by Crippen LogP contribution is 2.26. The third-order valence-electron chi connectivity index (χ3n) is 4.33. The van der Waals surface area contributed by atoms with Crippen LogP contribution in [0.1, 0.15) is 25.3 Å². The van der Waals surface area contributed by atoms with E-state index in [9.17, 15) is 4.79 Å². The summed E-state index contributed by atoms with van der Waals surface area (Å²) in [6, 6.07) is 7.83. The van der Waals surface area contributed by atoms with Gasteiger partial charge in [-0.15, -0.1) is 0 Å². The van der Waals surface area contributed by atoms with Crippen LogP contribution in [0.2, 0.25) is 0 Å². The Morgan fingerprint density at radius 3 is 2.41 bits per heavy atom. The number of benzene rings is 1. The van der Waals surface area contributed by atoms with Gasteiger partial charge in [-0.1, -0.05) is 25.1 Å². The van der Waals surface area contributed by atoms with Crippen LogP contribution in [-0.2, 0) is 20.7 Å². The molecule has 0 atom stereocenters. The standard InChI is InChI=1S/C17H25NO4/c1-4-14-7-5-6-8-15(14)22-13-16(19)18-11-9-17(20-2,21-3)10-12-18/h5-8H,4,9-13H2,1-3H3. The number of likely N-dealkylation sites (tertiary alicyclic amines) is 1. The number of piperidine rings is 1. The van der Waals surface area contributed by atoms with Gasteiger partial charge in [0.1, 0.15) is 5.75 Å². The quantitative estimate of drug-likeness (QED) is 0.756. The topological polar surface area (TPSA) is 48.0 Å². The fourth-order valence-corrected chi connectivity index (χ4v) is 2.76. The first kappa shape index (κ1) is 16.8. The molecule has 5 nitrogen and oxygen atoms in total. The van der Waals surface area contributed by atoms with E-state index < -0.39 is 5.79 Å². The Morgan fingerprint density at radius 1 is 1.18 bits per heavy atom. The summed E-state index contributed by atoms with van der Waals surface area (Å²) in [5.41, 5.74) is 1.12. The van der Waals surface area contributed by atoms with E-state index >= 15 is 0 Å². The molecule has 1 heterocycles. The molecule has 1 fully saturated rings. The highest BCUT2D eigenvalue weighted by atomic mass is 16.7. The Balaban J connectivity index is 1.86. The zero-order chi connectivity index (χ0) is 16.0. The molecule has 0 aliphatic carbocycles. The van der Waals surface area contributed by atoms with E-state index in [1.165, 1.54) is 0 Å². The number of amides is 1. The summed E-state index contributed by atoms with van der Waals surface area (Å²) in [7, 11) is 3.29. The molecular weight excluding hydrogens is 282 g/mol. The van der Waals surface area contributed by atoms with Crippen molar-refractivity contribution in [2.75, 3.05) is 33.9 Å². The van der Waals surface area contributed by atoms with Crippen molar-refractivity contribution in [1.82, 2.24) is 4.90 Å². The van der Waals surface area contributed by atoms with Gasteiger partial charge in [0.05, 0.1) is 0 Å². The van der Waals surface area contributed by atoms with E-state index in [1.807, 2.05) is 29.2 Å². The maximum absolute atomic E-state index is 12.3. The molecule has 0 radical (unpaired) electrons. The van der Waals surface area contributed by atoms with Crippen LogP contribution in [0.3, 0.4) is 0 Å². The smallest absolute Gasteiger partial charge is 0.260 e. The van der Waals surface area contributed by atoms with Crippen LogP contribution >= 0.6 is 0 Å². The minimum Gasteiger partial charge on any atom is -0.483 e. The van der Waals surface area contributed by atoms with Crippen molar-refractivity contribution >= 4 is 5.91 Å². The highest BCUT2D eigenvalue weighted by Gasteiger charge is 2.35. The fourth-order valence-electron chi connectivity index (χ4n) is 2.76. The monoisotopic (exact) mass is 307 g/mol. The van der Waals surface area contributed by atoms with E-state index in [2.05, 4.69) is 6.92 Å². The van der Waals surface area contributed by atoms with E-state index in [0.29, 0.717) is 25.9 Å². The van der Waals surface area contributed by atoms with Gasteiger partial charge in [0.25, 0.3) is 5.91 Å². The molecule has 0 spiro atoms. The van der Waals surface area contributed by atoms with Crippen molar-refractivity contribution in [1.29, 1.82) is 0 Å². The van der Waals surface area contributed by atoms with Gasteiger partial charge in [0.15, 0.2) is 12.4 Å². The minimum absolute atomic E-state index is 0.00622. The average Bonchev–Trinajstić information content (AvgIpc) is 2.60. The molecule has 1 aromatic carbocycles. The number of para-hydroxylation sites is 1. The number of nitrogens with zero attached hydrogens (tertiary/aromatic N) is 1. The Hall–Kier alpha value is -1.59. The summed E-state index contributed by atoms with van der Waals surface area (Å²) in [5.74, 6) is 0.247. The molecular formula is C17H25NO4. The molecule has 1 aromatic rings. The van der Waals surface area contributed by atoms with Crippen LogP contribution < -0.4 is 4.74 Å². The van der Waals surface area contributed by atoms with Crippen molar-refractivity contribution in [3.63, 3.8) is 0 Å². The lowest BCUT2D eigenvalue weighted by Crippen LogP contribution is -2.49. The maximum Gasteiger partial charge on any atom is 0.260 e. The van der Waals surface area contributed by atoms with Gasteiger partial charge in [-0.05, 0) is 18.1 Å². The Labute approximate surface area is 132 Å². The molecule has 1 aliphatic heterocycles. The zero-order valence-corrected chi connectivity index (χ0v) is 13.6. The van der Waals surface area contributed by atoms with Crippen LogP contribution in [0.4, 0.5) is 0 Å². The molecule has 0 aromatic heterocycles. The van der Waals surface area contributed by atoms with Crippen molar-refractivity contribution < 1.29 is 19.0 Å². The van der Waals surface area contributed by atoms with Gasteiger partial charge in [-0.3, -0.25) is 4.79 Å². The van der Waals surface area contributed by atoms with Crippen LogP contribution in [0, 0.1) is 0 Å². The number of aryl methyl sites for hydroxylation is 1. The minimum atomic E-state index is -0.549. The maximum atomic E-state index is 12.3. The van der Waals surface area contributed by atoms with Crippen LogP contribution in [0.25, 0.3) is 0 Å². The second kappa shape index (κ2) is 7.61.